The number of aromatic nitrogens is 1. The molecule has 7 nitrogen and oxygen atoms in total. The van der Waals surface area contributed by atoms with Crippen LogP contribution in [-0.2, 0) is 20.8 Å². The highest BCUT2D eigenvalue weighted by atomic mass is 16.6. The maximum atomic E-state index is 11.1. The largest absolute Gasteiger partial charge is 0.487 e. The third-order valence-corrected chi connectivity index (χ3v) is 3.79. The van der Waals surface area contributed by atoms with Crippen molar-refractivity contribution in [3.05, 3.63) is 65.2 Å². The Bertz CT molecular complexity index is 827. The molecule has 0 aliphatic carbocycles. The van der Waals surface area contributed by atoms with E-state index >= 15 is 0 Å². The van der Waals surface area contributed by atoms with Gasteiger partial charge in [0.25, 0.3) is 0 Å². The number of pyridine rings is 1. The van der Waals surface area contributed by atoms with Crippen molar-refractivity contribution in [2.24, 2.45) is 5.16 Å². The fourth-order valence-electron chi connectivity index (χ4n) is 2.35. The zero-order valence-electron chi connectivity index (χ0n) is 16.2. The molecule has 1 aromatic heterocycles. The molecule has 7 heteroatoms. The van der Waals surface area contributed by atoms with Crippen LogP contribution in [0.1, 0.15) is 30.7 Å². The Labute approximate surface area is 164 Å². The molecular formula is C21H24N2O5. The number of ether oxygens (including phenoxy) is 2. The maximum Gasteiger partial charge on any atom is 0.371 e. The summed E-state index contributed by atoms with van der Waals surface area (Å²) in [5.41, 5.74) is 3.08. The molecule has 1 heterocycles. The number of aliphatic carboxylic acids is 1. The second-order valence-corrected chi connectivity index (χ2v) is 5.73. The van der Waals surface area contributed by atoms with Crippen LogP contribution >= 0.6 is 0 Å². The van der Waals surface area contributed by atoms with Gasteiger partial charge in [0.15, 0.2) is 0 Å². The van der Waals surface area contributed by atoms with Gasteiger partial charge in [0.05, 0.1) is 12.3 Å². The molecule has 0 bridgehead atoms. The van der Waals surface area contributed by atoms with E-state index in [1.54, 1.807) is 37.4 Å². The van der Waals surface area contributed by atoms with Crippen LogP contribution in [0.3, 0.4) is 0 Å². The molecule has 0 atom stereocenters. The summed E-state index contributed by atoms with van der Waals surface area (Å²) in [6.45, 7) is 4.27. The number of hydrogen-bond donors (Lipinski definition) is 1. The van der Waals surface area contributed by atoms with E-state index in [1.165, 1.54) is 13.2 Å². The van der Waals surface area contributed by atoms with E-state index in [4.69, 9.17) is 19.4 Å². The summed E-state index contributed by atoms with van der Waals surface area (Å²) in [5.74, 6) is -0.601. The molecule has 0 spiro atoms. The average molecular weight is 384 g/mol. The first-order chi connectivity index (χ1) is 13.6. The minimum atomic E-state index is -1.11. The highest BCUT2D eigenvalue weighted by molar-refractivity contribution is 5.99. The van der Waals surface area contributed by atoms with Crippen molar-refractivity contribution in [1.29, 1.82) is 0 Å². The molecule has 148 valence electrons. The highest BCUT2D eigenvalue weighted by Gasteiger charge is 2.10. The fraction of sp³-hybridized carbons (Fsp3) is 0.286. The number of benzene rings is 1. The number of nitrogens with zero attached hydrogens (tertiary/aromatic N) is 2. The molecule has 2 rings (SSSR count). The third-order valence-electron chi connectivity index (χ3n) is 3.79. The van der Waals surface area contributed by atoms with Gasteiger partial charge in [-0.15, -0.1) is 0 Å². The van der Waals surface area contributed by atoms with Crippen LogP contribution in [0.4, 0.5) is 0 Å². The third kappa shape index (κ3) is 6.12. The quantitative estimate of drug-likeness (QED) is 0.292. The molecule has 0 saturated heterocycles. The van der Waals surface area contributed by atoms with Gasteiger partial charge in [-0.05, 0) is 48.7 Å². The van der Waals surface area contributed by atoms with Crippen LogP contribution in [0.15, 0.2) is 53.5 Å². The SMILES string of the molecule is CCO/C(=C\c1ccc(OC/C(=N/OC)c2ccc(CC)cn2)cc1)C(=O)O. The van der Waals surface area contributed by atoms with Gasteiger partial charge in [0.1, 0.15) is 25.2 Å². The number of rotatable bonds is 10. The second kappa shape index (κ2) is 10.7. The van der Waals surface area contributed by atoms with Crippen molar-refractivity contribution < 1.29 is 24.2 Å². The first kappa shape index (κ1) is 21.0. The van der Waals surface area contributed by atoms with Crippen LogP contribution < -0.4 is 4.74 Å². The van der Waals surface area contributed by atoms with Gasteiger partial charge >= 0.3 is 5.97 Å². The lowest BCUT2D eigenvalue weighted by Crippen LogP contribution is -2.15. The molecule has 1 aromatic carbocycles. The molecular weight excluding hydrogens is 360 g/mol. The van der Waals surface area contributed by atoms with Crippen molar-refractivity contribution in [1.82, 2.24) is 4.98 Å². The number of carboxylic acid groups (broad SMARTS) is 1. The van der Waals surface area contributed by atoms with E-state index < -0.39 is 5.97 Å². The van der Waals surface area contributed by atoms with Crippen LogP contribution in [0.5, 0.6) is 5.75 Å². The lowest BCUT2D eigenvalue weighted by molar-refractivity contribution is -0.136. The number of aryl methyl sites for hydroxylation is 1. The van der Waals surface area contributed by atoms with E-state index in [-0.39, 0.29) is 19.0 Å². The predicted molar refractivity (Wildman–Crippen MR) is 106 cm³/mol. The van der Waals surface area contributed by atoms with E-state index in [1.807, 2.05) is 12.1 Å². The van der Waals surface area contributed by atoms with E-state index in [0.717, 1.165) is 12.0 Å². The summed E-state index contributed by atoms with van der Waals surface area (Å²) in [6.07, 6.45) is 4.18. The van der Waals surface area contributed by atoms with Crippen molar-refractivity contribution >= 4 is 17.8 Å². The molecule has 0 saturated carbocycles. The maximum absolute atomic E-state index is 11.1. The molecule has 0 aliphatic heterocycles. The Kier molecular flexibility index (Phi) is 8.02. The molecule has 0 unspecified atom stereocenters. The number of hydrogen-bond acceptors (Lipinski definition) is 6. The minimum Gasteiger partial charge on any atom is -0.487 e. The Balaban J connectivity index is 2.06. The smallest absolute Gasteiger partial charge is 0.371 e. The van der Waals surface area contributed by atoms with Gasteiger partial charge in [0, 0.05) is 6.20 Å². The number of carboxylic acids is 1. The van der Waals surface area contributed by atoms with Gasteiger partial charge in [0.2, 0.25) is 5.76 Å². The lowest BCUT2D eigenvalue weighted by Gasteiger charge is -2.09. The molecule has 1 N–H and O–H groups in total. The van der Waals surface area contributed by atoms with Crippen molar-refractivity contribution in [3.63, 3.8) is 0 Å². The summed E-state index contributed by atoms with van der Waals surface area (Å²) in [6, 6.07) is 10.9. The number of oxime groups is 1. The van der Waals surface area contributed by atoms with E-state index in [9.17, 15) is 4.79 Å². The van der Waals surface area contributed by atoms with Gasteiger partial charge in [-0.3, -0.25) is 4.98 Å². The lowest BCUT2D eigenvalue weighted by atomic mass is 10.2. The van der Waals surface area contributed by atoms with Crippen molar-refractivity contribution in [3.8, 4) is 5.75 Å². The summed E-state index contributed by atoms with van der Waals surface area (Å²) >= 11 is 0. The Morgan fingerprint density at radius 1 is 1.18 bits per heavy atom. The van der Waals surface area contributed by atoms with Crippen molar-refractivity contribution in [2.75, 3.05) is 20.3 Å². The van der Waals surface area contributed by atoms with Gasteiger partial charge in [-0.2, -0.15) is 0 Å². The van der Waals surface area contributed by atoms with Crippen LogP contribution in [-0.4, -0.2) is 42.1 Å². The van der Waals surface area contributed by atoms with Crippen LogP contribution in [0.2, 0.25) is 0 Å². The molecule has 0 radical (unpaired) electrons. The topological polar surface area (TPSA) is 90.2 Å². The highest BCUT2D eigenvalue weighted by Crippen LogP contribution is 2.16. The predicted octanol–water partition coefficient (Wildman–Crippen LogP) is 3.54. The number of carbonyl (C=O) groups is 1. The zero-order chi connectivity index (χ0) is 20.4. The molecule has 28 heavy (non-hydrogen) atoms. The standard InChI is InChI=1S/C21H24N2O5/c1-4-15-8-11-18(22-13-15)19(23-26-3)14-28-17-9-6-16(7-10-17)12-20(21(24)25)27-5-2/h6-13H,4-5,14H2,1-3H3,(H,24,25)/b20-12-,23-19-. The minimum absolute atomic E-state index is 0.104. The monoisotopic (exact) mass is 384 g/mol. The average Bonchev–Trinajstić information content (AvgIpc) is 2.72. The van der Waals surface area contributed by atoms with Gasteiger partial charge < -0.3 is 19.4 Å². The summed E-state index contributed by atoms with van der Waals surface area (Å²) in [4.78, 5) is 20.4. The summed E-state index contributed by atoms with van der Waals surface area (Å²) in [5, 5.41) is 13.1. The fourth-order valence-corrected chi connectivity index (χ4v) is 2.35. The van der Waals surface area contributed by atoms with Crippen molar-refractivity contribution in [2.45, 2.75) is 20.3 Å². The van der Waals surface area contributed by atoms with E-state index in [2.05, 4.69) is 17.1 Å². The van der Waals surface area contributed by atoms with Gasteiger partial charge in [-0.25, -0.2) is 4.79 Å². The summed E-state index contributed by atoms with van der Waals surface area (Å²) < 4.78 is 10.9. The van der Waals surface area contributed by atoms with E-state index in [0.29, 0.717) is 22.7 Å². The molecule has 2 aromatic rings. The molecule has 0 amide bonds. The molecule has 0 fully saturated rings. The first-order valence-corrected chi connectivity index (χ1v) is 8.93. The van der Waals surface area contributed by atoms with Crippen LogP contribution in [0, 0.1) is 0 Å². The summed E-state index contributed by atoms with van der Waals surface area (Å²) in [7, 11) is 1.47. The zero-order valence-corrected chi connectivity index (χ0v) is 16.2. The Morgan fingerprint density at radius 2 is 1.93 bits per heavy atom. The second-order valence-electron chi connectivity index (χ2n) is 5.73. The van der Waals surface area contributed by atoms with Gasteiger partial charge in [-0.1, -0.05) is 30.3 Å². The first-order valence-electron chi connectivity index (χ1n) is 8.93. The molecule has 0 aliphatic rings. The Morgan fingerprint density at radius 3 is 2.46 bits per heavy atom. The normalized spacial score (nSPS) is 11.8. The van der Waals surface area contributed by atoms with Crippen LogP contribution in [0.25, 0.3) is 6.08 Å². The Hall–Kier alpha value is -3.35.